The van der Waals surface area contributed by atoms with Gasteiger partial charge in [0.25, 0.3) is 0 Å². The SMILES string of the molecule is CCCCCc1c(CCCCC)c2cc[nH]c2c2[nH]ccc12. The van der Waals surface area contributed by atoms with E-state index in [9.17, 15) is 0 Å². The van der Waals surface area contributed by atoms with Gasteiger partial charge in [-0.1, -0.05) is 39.5 Å². The minimum atomic E-state index is 1.21. The molecule has 0 amide bonds. The van der Waals surface area contributed by atoms with Crippen LogP contribution < -0.4 is 0 Å². The van der Waals surface area contributed by atoms with Crippen LogP contribution in [0.25, 0.3) is 21.8 Å². The van der Waals surface area contributed by atoms with Crippen molar-refractivity contribution in [2.45, 2.75) is 65.2 Å². The lowest BCUT2D eigenvalue weighted by Gasteiger charge is -2.14. The van der Waals surface area contributed by atoms with Crippen LogP contribution in [-0.2, 0) is 12.8 Å². The lowest BCUT2D eigenvalue weighted by atomic mass is 9.91. The quantitative estimate of drug-likeness (QED) is 0.470. The number of aromatic nitrogens is 2. The fourth-order valence-electron chi connectivity index (χ4n) is 3.66. The molecule has 2 nitrogen and oxygen atoms in total. The first kappa shape index (κ1) is 15.2. The predicted octanol–water partition coefficient (Wildman–Crippen LogP) is 6.11. The lowest BCUT2D eigenvalue weighted by molar-refractivity contribution is 0.698. The Morgan fingerprint density at radius 2 is 1.14 bits per heavy atom. The smallest absolute Gasteiger partial charge is 0.0702 e. The van der Waals surface area contributed by atoms with Crippen LogP contribution in [0.5, 0.6) is 0 Å². The molecule has 0 aliphatic carbocycles. The topological polar surface area (TPSA) is 31.6 Å². The van der Waals surface area contributed by atoms with Crippen molar-refractivity contribution in [1.82, 2.24) is 9.97 Å². The van der Waals surface area contributed by atoms with Gasteiger partial charge in [-0.05, 0) is 48.9 Å². The van der Waals surface area contributed by atoms with E-state index in [0.717, 1.165) is 0 Å². The molecule has 0 atom stereocenters. The van der Waals surface area contributed by atoms with E-state index >= 15 is 0 Å². The molecule has 1 aromatic carbocycles. The average molecular weight is 296 g/mol. The standard InChI is InChI=1S/C20H28N2/c1-3-5-7-9-15-16(10-8-6-4-2)18-12-14-22-20(18)19-17(15)11-13-21-19/h11-14,21-22H,3-10H2,1-2H3. The van der Waals surface area contributed by atoms with Gasteiger partial charge in [-0.3, -0.25) is 0 Å². The zero-order chi connectivity index (χ0) is 15.4. The van der Waals surface area contributed by atoms with E-state index in [1.54, 1.807) is 11.1 Å². The molecule has 2 heterocycles. The number of aryl methyl sites for hydroxylation is 2. The molecule has 3 rings (SSSR count). The van der Waals surface area contributed by atoms with Crippen LogP contribution in [0.4, 0.5) is 0 Å². The Bertz CT molecular complexity index is 669. The molecule has 0 fully saturated rings. The number of benzene rings is 1. The van der Waals surface area contributed by atoms with Crippen molar-refractivity contribution < 1.29 is 0 Å². The monoisotopic (exact) mass is 296 g/mol. The zero-order valence-corrected chi connectivity index (χ0v) is 14.0. The third-order valence-electron chi connectivity index (χ3n) is 4.82. The molecular weight excluding hydrogens is 268 g/mol. The highest BCUT2D eigenvalue weighted by Gasteiger charge is 2.15. The highest BCUT2D eigenvalue weighted by atomic mass is 14.7. The summed E-state index contributed by atoms with van der Waals surface area (Å²) in [6.45, 7) is 4.56. The number of fused-ring (bicyclic) bond motifs is 3. The maximum atomic E-state index is 3.44. The third kappa shape index (κ3) is 2.79. The second kappa shape index (κ2) is 7.04. The summed E-state index contributed by atoms with van der Waals surface area (Å²) in [6, 6.07) is 4.53. The Hall–Kier alpha value is -1.70. The van der Waals surface area contributed by atoms with Crippen molar-refractivity contribution in [2.24, 2.45) is 0 Å². The van der Waals surface area contributed by atoms with E-state index in [0.29, 0.717) is 0 Å². The molecule has 22 heavy (non-hydrogen) atoms. The van der Waals surface area contributed by atoms with Gasteiger partial charge in [-0.25, -0.2) is 0 Å². The van der Waals surface area contributed by atoms with E-state index in [1.807, 2.05) is 0 Å². The number of rotatable bonds is 8. The van der Waals surface area contributed by atoms with E-state index in [1.165, 1.54) is 73.2 Å². The van der Waals surface area contributed by atoms with Gasteiger partial charge >= 0.3 is 0 Å². The highest BCUT2D eigenvalue weighted by molar-refractivity contribution is 6.07. The molecule has 0 saturated carbocycles. The van der Waals surface area contributed by atoms with Crippen LogP contribution in [0.1, 0.15) is 63.5 Å². The fraction of sp³-hybridized carbons (Fsp3) is 0.500. The first-order valence-corrected chi connectivity index (χ1v) is 8.94. The minimum absolute atomic E-state index is 1.21. The summed E-state index contributed by atoms with van der Waals surface area (Å²) in [7, 11) is 0. The molecule has 3 aromatic rings. The Labute approximate surface area is 133 Å². The predicted molar refractivity (Wildman–Crippen MR) is 96.6 cm³/mol. The first-order valence-electron chi connectivity index (χ1n) is 8.94. The van der Waals surface area contributed by atoms with Crippen LogP contribution in [0.15, 0.2) is 24.5 Å². The van der Waals surface area contributed by atoms with Crippen molar-refractivity contribution in [3.8, 4) is 0 Å². The summed E-state index contributed by atoms with van der Waals surface area (Å²) < 4.78 is 0. The van der Waals surface area contributed by atoms with Crippen LogP contribution in [0.3, 0.4) is 0 Å². The van der Waals surface area contributed by atoms with Crippen LogP contribution >= 0.6 is 0 Å². The fourth-order valence-corrected chi connectivity index (χ4v) is 3.66. The molecule has 118 valence electrons. The number of hydrogen-bond acceptors (Lipinski definition) is 0. The molecule has 0 bridgehead atoms. The summed E-state index contributed by atoms with van der Waals surface area (Å²) in [4.78, 5) is 6.89. The molecule has 0 radical (unpaired) electrons. The number of hydrogen-bond donors (Lipinski definition) is 2. The Kier molecular flexibility index (Phi) is 4.87. The Balaban J connectivity index is 2.07. The number of nitrogens with one attached hydrogen (secondary N) is 2. The first-order chi connectivity index (χ1) is 10.9. The lowest BCUT2D eigenvalue weighted by Crippen LogP contribution is -1.98. The second-order valence-corrected chi connectivity index (χ2v) is 6.40. The summed E-state index contributed by atoms with van der Waals surface area (Å²) in [5.41, 5.74) is 5.75. The molecule has 0 aliphatic heterocycles. The van der Waals surface area contributed by atoms with Crippen molar-refractivity contribution in [3.63, 3.8) is 0 Å². The maximum Gasteiger partial charge on any atom is 0.0702 e. The summed E-state index contributed by atoms with van der Waals surface area (Å²) in [5.74, 6) is 0. The van der Waals surface area contributed by atoms with E-state index in [2.05, 4.69) is 48.3 Å². The number of aromatic amines is 2. The van der Waals surface area contributed by atoms with Gasteiger partial charge in [0.2, 0.25) is 0 Å². The summed E-state index contributed by atoms with van der Waals surface area (Å²) in [6.07, 6.45) is 14.4. The van der Waals surface area contributed by atoms with Gasteiger partial charge in [-0.2, -0.15) is 0 Å². The Morgan fingerprint density at radius 1 is 0.682 bits per heavy atom. The van der Waals surface area contributed by atoms with Crippen molar-refractivity contribution in [2.75, 3.05) is 0 Å². The summed E-state index contributed by atoms with van der Waals surface area (Å²) >= 11 is 0. The molecule has 2 N–H and O–H groups in total. The second-order valence-electron chi connectivity index (χ2n) is 6.40. The van der Waals surface area contributed by atoms with E-state index in [-0.39, 0.29) is 0 Å². The van der Waals surface area contributed by atoms with Crippen LogP contribution in [0.2, 0.25) is 0 Å². The van der Waals surface area contributed by atoms with Gasteiger partial charge < -0.3 is 9.97 Å². The van der Waals surface area contributed by atoms with Gasteiger partial charge in [0.15, 0.2) is 0 Å². The van der Waals surface area contributed by atoms with Gasteiger partial charge in [0, 0.05) is 23.2 Å². The van der Waals surface area contributed by atoms with E-state index in [4.69, 9.17) is 0 Å². The summed E-state index contributed by atoms with van der Waals surface area (Å²) in [5, 5.41) is 2.86. The average Bonchev–Trinajstić information content (AvgIpc) is 3.17. The molecule has 2 heteroatoms. The van der Waals surface area contributed by atoms with Crippen molar-refractivity contribution >= 4 is 21.8 Å². The number of unbranched alkanes of at least 4 members (excludes halogenated alkanes) is 4. The number of H-pyrrole nitrogens is 2. The van der Waals surface area contributed by atoms with Crippen molar-refractivity contribution in [1.29, 1.82) is 0 Å². The minimum Gasteiger partial charge on any atom is -0.359 e. The zero-order valence-electron chi connectivity index (χ0n) is 14.0. The van der Waals surface area contributed by atoms with Crippen LogP contribution in [-0.4, -0.2) is 9.97 Å². The van der Waals surface area contributed by atoms with Gasteiger partial charge in [0.1, 0.15) is 0 Å². The highest BCUT2D eigenvalue weighted by Crippen LogP contribution is 2.33. The molecule has 0 unspecified atom stereocenters. The van der Waals surface area contributed by atoms with Crippen LogP contribution in [0, 0.1) is 0 Å². The molecule has 0 spiro atoms. The van der Waals surface area contributed by atoms with Crippen molar-refractivity contribution in [3.05, 3.63) is 35.7 Å². The molecular formula is C20H28N2. The largest absolute Gasteiger partial charge is 0.359 e. The molecule has 2 aromatic heterocycles. The molecule has 0 aliphatic rings. The van der Waals surface area contributed by atoms with E-state index < -0.39 is 0 Å². The van der Waals surface area contributed by atoms with Gasteiger partial charge in [0.05, 0.1) is 11.0 Å². The maximum absolute atomic E-state index is 3.44. The van der Waals surface area contributed by atoms with Gasteiger partial charge in [-0.15, -0.1) is 0 Å². The third-order valence-corrected chi connectivity index (χ3v) is 4.82. The normalized spacial score (nSPS) is 11.7. The molecule has 0 saturated heterocycles. The Morgan fingerprint density at radius 3 is 1.55 bits per heavy atom.